The van der Waals surface area contributed by atoms with Gasteiger partial charge in [0, 0.05) is 40.7 Å². The molecular weight excluding hydrogens is 300 g/mol. The zero-order valence-electron chi connectivity index (χ0n) is 12.1. The van der Waals surface area contributed by atoms with Gasteiger partial charge in [-0.3, -0.25) is 0 Å². The van der Waals surface area contributed by atoms with Gasteiger partial charge in [0.2, 0.25) is 0 Å². The van der Waals surface area contributed by atoms with Gasteiger partial charge in [0.05, 0.1) is 0 Å². The van der Waals surface area contributed by atoms with Crippen LogP contribution in [0, 0.1) is 12.3 Å². The number of halogens is 1. The lowest BCUT2D eigenvalue weighted by Crippen LogP contribution is -2.46. The molecule has 1 aliphatic heterocycles. The molecule has 1 heterocycles. The van der Waals surface area contributed by atoms with E-state index in [2.05, 4.69) is 65.1 Å². The fraction of sp³-hybridized carbons (Fsp3) is 0.625. The Balaban J connectivity index is 1.92. The Labute approximate surface area is 124 Å². The second-order valence-electron chi connectivity index (χ2n) is 7.02. The van der Waals surface area contributed by atoms with Gasteiger partial charge in [0.15, 0.2) is 0 Å². The molecule has 1 saturated heterocycles. The average molecular weight is 323 g/mol. The fourth-order valence-electron chi connectivity index (χ4n) is 3.13. The topological polar surface area (TPSA) is 15.3 Å². The molecule has 104 valence electrons. The van der Waals surface area contributed by atoms with Crippen LogP contribution in [0.2, 0.25) is 0 Å². The first-order valence-corrected chi connectivity index (χ1v) is 7.95. The Morgan fingerprint density at radius 2 is 1.95 bits per heavy atom. The number of benzene rings is 1. The number of rotatable bonds is 1. The number of hydrogen-bond acceptors (Lipinski definition) is 2. The van der Waals surface area contributed by atoms with Gasteiger partial charge in [-0.1, -0.05) is 15.9 Å². The molecule has 0 unspecified atom stereocenters. The second kappa shape index (κ2) is 4.49. The summed E-state index contributed by atoms with van der Waals surface area (Å²) in [5, 5.41) is 3.75. The fourth-order valence-corrected chi connectivity index (χ4v) is 3.61. The van der Waals surface area contributed by atoms with Gasteiger partial charge in [0.25, 0.3) is 0 Å². The van der Waals surface area contributed by atoms with Gasteiger partial charge in [-0.15, -0.1) is 0 Å². The Morgan fingerprint density at radius 1 is 1.21 bits per heavy atom. The number of nitrogens with one attached hydrogen (secondary N) is 1. The van der Waals surface area contributed by atoms with Crippen molar-refractivity contribution in [2.24, 2.45) is 5.41 Å². The Morgan fingerprint density at radius 3 is 2.58 bits per heavy atom. The van der Waals surface area contributed by atoms with Crippen molar-refractivity contribution in [3.8, 4) is 0 Å². The molecule has 0 radical (unpaired) electrons. The molecule has 0 bridgehead atoms. The van der Waals surface area contributed by atoms with Crippen molar-refractivity contribution in [3.63, 3.8) is 0 Å². The van der Waals surface area contributed by atoms with Crippen LogP contribution in [-0.4, -0.2) is 25.2 Å². The minimum atomic E-state index is 0.186. The lowest BCUT2D eigenvalue weighted by Gasteiger charge is -2.33. The number of hydrogen-bond donors (Lipinski definition) is 1. The average Bonchev–Trinajstić information content (AvgIpc) is 3.07. The highest BCUT2D eigenvalue weighted by Gasteiger charge is 2.47. The van der Waals surface area contributed by atoms with E-state index in [9.17, 15) is 0 Å². The van der Waals surface area contributed by atoms with Crippen LogP contribution >= 0.6 is 15.9 Å². The summed E-state index contributed by atoms with van der Waals surface area (Å²) in [4.78, 5) is 2.59. The molecule has 0 amide bonds. The molecule has 1 aromatic carbocycles. The minimum absolute atomic E-state index is 0.186. The third-order valence-corrected chi connectivity index (χ3v) is 5.00. The first-order valence-electron chi connectivity index (χ1n) is 7.15. The highest BCUT2D eigenvalue weighted by molar-refractivity contribution is 9.10. The summed E-state index contributed by atoms with van der Waals surface area (Å²) in [6.45, 7) is 10.3. The molecule has 0 aromatic heterocycles. The van der Waals surface area contributed by atoms with Gasteiger partial charge < -0.3 is 10.2 Å². The maximum Gasteiger partial charge on any atom is 0.0397 e. The Hall–Kier alpha value is -0.540. The van der Waals surface area contributed by atoms with E-state index in [0.29, 0.717) is 5.41 Å². The van der Waals surface area contributed by atoms with Gasteiger partial charge in [-0.2, -0.15) is 0 Å². The Bertz CT molecular complexity index is 484. The molecule has 1 spiro atoms. The third-order valence-electron chi connectivity index (χ3n) is 4.51. The molecule has 1 aromatic rings. The van der Waals surface area contributed by atoms with E-state index in [4.69, 9.17) is 0 Å². The van der Waals surface area contributed by atoms with Crippen LogP contribution in [0.15, 0.2) is 22.7 Å². The summed E-state index contributed by atoms with van der Waals surface area (Å²) in [6, 6.07) is 6.64. The van der Waals surface area contributed by atoms with E-state index in [1.165, 1.54) is 41.7 Å². The van der Waals surface area contributed by atoms with Crippen LogP contribution in [0.4, 0.5) is 5.69 Å². The van der Waals surface area contributed by atoms with E-state index >= 15 is 0 Å². The molecule has 1 aliphatic carbocycles. The van der Waals surface area contributed by atoms with Gasteiger partial charge in [0.1, 0.15) is 0 Å². The lowest BCUT2D eigenvalue weighted by molar-refractivity contribution is 0.389. The summed E-state index contributed by atoms with van der Waals surface area (Å²) in [7, 11) is 0. The predicted molar refractivity (Wildman–Crippen MR) is 84.8 cm³/mol. The normalized spacial score (nSPS) is 24.3. The highest BCUT2D eigenvalue weighted by atomic mass is 79.9. The lowest BCUT2D eigenvalue weighted by atomic mass is 10.0. The van der Waals surface area contributed by atoms with E-state index < -0.39 is 0 Å². The maximum absolute atomic E-state index is 3.75. The molecule has 2 fully saturated rings. The molecule has 0 atom stereocenters. The van der Waals surface area contributed by atoms with E-state index in [-0.39, 0.29) is 5.54 Å². The third kappa shape index (κ3) is 2.82. The maximum atomic E-state index is 3.75. The zero-order chi connectivity index (χ0) is 13.7. The summed E-state index contributed by atoms with van der Waals surface area (Å²) in [5.41, 5.74) is 3.48. The van der Waals surface area contributed by atoms with Gasteiger partial charge in [-0.25, -0.2) is 0 Å². The summed E-state index contributed by atoms with van der Waals surface area (Å²) in [5.74, 6) is 0. The molecule has 2 aliphatic rings. The van der Waals surface area contributed by atoms with E-state index in [1.807, 2.05) is 0 Å². The van der Waals surface area contributed by atoms with Crippen molar-refractivity contribution in [2.75, 3.05) is 24.5 Å². The molecule has 3 rings (SSSR count). The van der Waals surface area contributed by atoms with Crippen LogP contribution in [0.5, 0.6) is 0 Å². The first kappa shape index (κ1) is 13.4. The summed E-state index contributed by atoms with van der Waals surface area (Å²) < 4.78 is 1.17. The van der Waals surface area contributed by atoms with Gasteiger partial charge >= 0.3 is 0 Å². The molecule has 19 heavy (non-hydrogen) atoms. The zero-order valence-corrected chi connectivity index (χ0v) is 13.7. The van der Waals surface area contributed by atoms with Crippen molar-refractivity contribution >= 4 is 21.6 Å². The first-order chi connectivity index (χ1) is 8.89. The predicted octanol–water partition coefficient (Wildman–Crippen LogP) is 3.73. The standard InChI is InChI=1S/C16H23BrN2/c1-12-8-13(17)4-5-14(12)19-10-15(2,3)18-9-16(11-19)6-7-16/h4-5,8,18H,6-7,9-11H2,1-3H3. The molecular formula is C16H23BrN2. The highest BCUT2D eigenvalue weighted by Crippen LogP contribution is 2.48. The van der Waals surface area contributed by atoms with Crippen molar-refractivity contribution in [2.45, 2.75) is 39.2 Å². The molecule has 3 heteroatoms. The number of aryl methyl sites for hydroxylation is 1. The summed E-state index contributed by atoms with van der Waals surface area (Å²) >= 11 is 3.56. The number of anilines is 1. The van der Waals surface area contributed by atoms with E-state index in [1.54, 1.807) is 0 Å². The smallest absolute Gasteiger partial charge is 0.0397 e. The Kier molecular flexibility index (Phi) is 3.18. The molecule has 1 N–H and O–H groups in total. The largest absolute Gasteiger partial charge is 0.369 e. The van der Waals surface area contributed by atoms with Crippen LogP contribution in [0.25, 0.3) is 0 Å². The van der Waals surface area contributed by atoms with Crippen molar-refractivity contribution in [1.82, 2.24) is 5.32 Å². The molecule has 2 nitrogen and oxygen atoms in total. The van der Waals surface area contributed by atoms with Crippen LogP contribution in [-0.2, 0) is 0 Å². The van der Waals surface area contributed by atoms with Crippen LogP contribution in [0.1, 0.15) is 32.3 Å². The number of nitrogens with zero attached hydrogens (tertiary/aromatic N) is 1. The minimum Gasteiger partial charge on any atom is -0.369 e. The SMILES string of the molecule is Cc1cc(Br)ccc1N1CC2(CC2)CNC(C)(C)C1. The molecule has 1 saturated carbocycles. The van der Waals surface area contributed by atoms with Crippen LogP contribution in [0.3, 0.4) is 0 Å². The van der Waals surface area contributed by atoms with E-state index in [0.717, 1.165) is 6.54 Å². The quantitative estimate of drug-likeness (QED) is 0.847. The van der Waals surface area contributed by atoms with Crippen molar-refractivity contribution in [3.05, 3.63) is 28.2 Å². The van der Waals surface area contributed by atoms with Crippen molar-refractivity contribution in [1.29, 1.82) is 0 Å². The second-order valence-corrected chi connectivity index (χ2v) is 7.94. The van der Waals surface area contributed by atoms with Crippen molar-refractivity contribution < 1.29 is 0 Å². The summed E-state index contributed by atoms with van der Waals surface area (Å²) in [6.07, 6.45) is 2.75. The van der Waals surface area contributed by atoms with Gasteiger partial charge in [-0.05, 0) is 57.4 Å². The monoisotopic (exact) mass is 322 g/mol. The van der Waals surface area contributed by atoms with Crippen LogP contribution < -0.4 is 10.2 Å².